The van der Waals surface area contributed by atoms with Gasteiger partial charge in [-0.05, 0) is 27.4 Å². The lowest BCUT2D eigenvalue weighted by Gasteiger charge is -2.07. The molecule has 5 heteroatoms. The van der Waals surface area contributed by atoms with Gasteiger partial charge in [-0.15, -0.1) is 11.3 Å². The highest BCUT2D eigenvalue weighted by Crippen LogP contribution is 2.28. The van der Waals surface area contributed by atoms with Gasteiger partial charge in [0, 0.05) is 34.2 Å². The van der Waals surface area contributed by atoms with Gasteiger partial charge in [0.05, 0.1) is 0 Å². The maximum Gasteiger partial charge on any atom is 0.107 e. The van der Waals surface area contributed by atoms with Gasteiger partial charge in [-0.2, -0.15) is 0 Å². The molecule has 0 radical (unpaired) electrons. The topological polar surface area (TPSA) is 54.7 Å². The van der Waals surface area contributed by atoms with Crippen LogP contribution in [0.25, 0.3) is 0 Å². The summed E-state index contributed by atoms with van der Waals surface area (Å²) in [7, 11) is 0. The highest BCUT2D eigenvalue weighted by atomic mass is 79.9. The summed E-state index contributed by atoms with van der Waals surface area (Å²) in [4.78, 5) is 8.37. The fourth-order valence-electron chi connectivity index (χ4n) is 1.28. The van der Waals surface area contributed by atoms with Gasteiger partial charge in [-0.3, -0.25) is 0 Å². The molecule has 0 aliphatic carbocycles. The Morgan fingerprint density at radius 1 is 1.64 bits per heavy atom. The van der Waals surface area contributed by atoms with Gasteiger partial charge in [-0.1, -0.05) is 0 Å². The molecule has 1 unspecified atom stereocenters. The standard InChI is InChI=1S/C9H10BrN3S/c10-6-1-4-14-9(6)7(11)5-8-12-2-3-13-8/h1-4,7H,5,11H2,(H,12,13). The maximum atomic E-state index is 6.05. The van der Waals surface area contributed by atoms with Gasteiger partial charge in [0.15, 0.2) is 0 Å². The van der Waals surface area contributed by atoms with Crippen LogP contribution < -0.4 is 5.73 Å². The Bertz CT molecular complexity index is 396. The van der Waals surface area contributed by atoms with Crippen molar-refractivity contribution in [1.29, 1.82) is 0 Å². The first-order chi connectivity index (χ1) is 6.77. The van der Waals surface area contributed by atoms with E-state index in [1.807, 2.05) is 17.6 Å². The summed E-state index contributed by atoms with van der Waals surface area (Å²) in [6.45, 7) is 0. The number of nitrogens with zero attached hydrogens (tertiary/aromatic N) is 1. The number of H-pyrrole nitrogens is 1. The number of imidazole rings is 1. The number of aromatic amines is 1. The molecule has 0 aliphatic heterocycles. The average Bonchev–Trinajstić information content (AvgIpc) is 2.75. The van der Waals surface area contributed by atoms with Crippen LogP contribution in [0.2, 0.25) is 0 Å². The number of halogens is 1. The minimum atomic E-state index is 0.00975. The third-order valence-electron chi connectivity index (χ3n) is 1.95. The minimum absolute atomic E-state index is 0.00975. The summed E-state index contributed by atoms with van der Waals surface area (Å²) >= 11 is 5.14. The van der Waals surface area contributed by atoms with E-state index in [4.69, 9.17) is 5.73 Å². The minimum Gasteiger partial charge on any atom is -0.349 e. The van der Waals surface area contributed by atoms with Crippen LogP contribution in [0.15, 0.2) is 28.3 Å². The van der Waals surface area contributed by atoms with Gasteiger partial charge >= 0.3 is 0 Å². The summed E-state index contributed by atoms with van der Waals surface area (Å²) < 4.78 is 1.08. The van der Waals surface area contributed by atoms with E-state index >= 15 is 0 Å². The van der Waals surface area contributed by atoms with Crippen molar-refractivity contribution in [1.82, 2.24) is 9.97 Å². The first-order valence-electron chi connectivity index (χ1n) is 4.24. The second kappa shape index (κ2) is 4.25. The van der Waals surface area contributed by atoms with Crippen LogP contribution in [0.4, 0.5) is 0 Å². The van der Waals surface area contributed by atoms with Crippen LogP contribution in [0.3, 0.4) is 0 Å². The van der Waals surface area contributed by atoms with E-state index in [1.165, 1.54) is 4.88 Å². The molecule has 2 aromatic heterocycles. The van der Waals surface area contributed by atoms with E-state index in [9.17, 15) is 0 Å². The molecule has 3 N–H and O–H groups in total. The monoisotopic (exact) mass is 271 g/mol. The van der Waals surface area contributed by atoms with E-state index < -0.39 is 0 Å². The van der Waals surface area contributed by atoms with Crippen molar-refractivity contribution in [2.24, 2.45) is 5.73 Å². The van der Waals surface area contributed by atoms with E-state index in [0.717, 1.165) is 16.7 Å². The number of nitrogens with one attached hydrogen (secondary N) is 1. The molecule has 2 aromatic rings. The van der Waals surface area contributed by atoms with Gasteiger partial charge < -0.3 is 10.7 Å². The molecular weight excluding hydrogens is 262 g/mol. The number of aromatic nitrogens is 2. The van der Waals surface area contributed by atoms with Crippen LogP contribution >= 0.6 is 27.3 Å². The summed E-state index contributed by atoms with van der Waals surface area (Å²) in [5.41, 5.74) is 6.05. The Morgan fingerprint density at radius 2 is 2.50 bits per heavy atom. The van der Waals surface area contributed by atoms with Crippen LogP contribution in [0, 0.1) is 0 Å². The van der Waals surface area contributed by atoms with E-state index in [1.54, 1.807) is 17.5 Å². The van der Waals surface area contributed by atoms with Crippen molar-refractivity contribution in [2.45, 2.75) is 12.5 Å². The molecule has 0 saturated heterocycles. The van der Waals surface area contributed by atoms with Crippen molar-refractivity contribution < 1.29 is 0 Å². The molecular formula is C9H10BrN3S. The van der Waals surface area contributed by atoms with E-state index in [-0.39, 0.29) is 6.04 Å². The highest BCUT2D eigenvalue weighted by Gasteiger charge is 2.12. The maximum absolute atomic E-state index is 6.05. The lowest BCUT2D eigenvalue weighted by atomic mass is 10.2. The van der Waals surface area contributed by atoms with Crippen molar-refractivity contribution >= 4 is 27.3 Å². The Morgan fingerprint density at radius 3 is 3.07 bits per heavy atom. The first-order valence-corrected chi connectivity index (χ1v) is 5.91. The van der Waals surface area contributed by atoms with Crippen LogP contribution in [-0.2, 0) is 6.42 Å². The van der Waals surface area contributed by atoms with Crippen LogP contribution in [0.1, 0.15) is 16.7 Å². The van der Waals surface area contributed by atoms with Crippen LogP contribution in [-0.4, -0.2) is 9.97 Å². The largest absolute Gasteiger partial charge is 0.349 e. The average molecular weight is 272 g/mol. The molecule has 0 spiro atoms. The quantitative estimate of drug-likeness (QED) is 0.901. The van der Waals surface area contributed by atoms with Gasteiger partial charge in [0.1, 0.15) is 5.82 Å². The Balaban J connectivity index is 2.10. The zero-order valence-electron chi connectivity index (χ0n) is 7.40. The molecule has 0 aliphatic rings. The Hall–Kier alpha value is -0.650. The van der Waals surface area contributed by atoms with Crippen LogP contribution in [0.5, 0.6) is 0 Å². The molecule has 0 saturated carbocycles. The van der Waals surface area contributed by atoms with E-state index in [2.05, 4.69) is 25.9 Å². The predicted octanol–water partition coefficient (Wildman–Crippen LogP) is 2.48. The number of hydrogen-bond acceptors (Lipinski definition) is 3. The molecule has 2 rings (SSSR count). The number of nitrogens with two attached hydrogens (primary N) is 1. The molecule has 0 aromatic carbocycles. The molecule has 0 amide bonds. The third kappa shape index (κ3) is 2.05. The zero-order valence-corrected chi connectivity index (χ0v) is 9.81. The summed E-state index contributed by atoms with van der Waals surface area (Å²) in [6, 6.07) is 2.03. The van der Waals surface area contributed by atoms with Crippen molar-refractivity contribution in [3.63, 3.8) is 0 Å². The summed E-state index contributed by atoms with van der Waals surface area (Å²) in [5, 5.41) is 2.03. The van der Waals surface area contributed by atoms with Gasteiger partial charge in [0.25, 0.3) is 0 Å². The molecule has 3 nitrogen and oxygen atoms in total. The Kier molecular flexibility index (Phi) is 3.00. The fraction of sp³-hybridized carbons (Fsp3) is 0.222. The summed E-state index contributed by atoms with van der Waals surface area (Å²) in [5.74, 6) is 0.929. The molecule has 0 bridgehead atoms. The number of thiophene rings is 1. The predicted molar refractivity (Wildman–Crippen MR) is 61.2 cm³/mol. The molecule has 1 atom stereocenters. The molecule has 74 valence electrons. The lowest BCUT2D eigenvalue weighted by Crippen LogP contribution is -2.13. The molecule has 0 fully saturated rings. The van der Waals surface area contributed by atoms with Gasteiger partial charge in [0.2, 0.25) is 0 Å². The smallest absolute Gasteiger partial charge is 0.107 e. The van der Waals surface area contributed by atoms with Crippen molar-refractivity contribution in [3.8, 4) is 0 Å². The first kappa shape index (κ1) is 9.89. The lowest BCUT2D eigenvalue weighted by molar-refractivity contribution is 0.704. The molecule has 2 heterocycles. The zero-order chi connectivity index (χ0) is 9.97. The fourth-order valence-corrected chi connectivity index (χ4v) is 2.95. The SMILES string of the molecule is NC(Cc1ncc[nH]1)c1sccc1Br. The second-order valence-corrected chi connectivity index (χ2v) is 4.78. The Labute approximate surface area is 94.5 Å². The number of rotatable bonds is 3. The highest BCUT2D eigenvalue weighted by molar-refractivity contribution is 9.10. The second-order valence-electron chi connectivity index (χ2n) is 2.98. The third-order valence-corrected chi connectivity index (χ3v) is 3.95. The summed E-state index contributed by atoms with van der Waals surface area (Å²) in [6.07, 6.45) is 4.29. The normalized spacial score (nSPS) is 13.0. The van der Waals surface area contributed by atoms with Crippen molar-refractivity contribution in [2.75, 3.05) is 0 Å². The van der Waals surface area contributed by atoms with Gasteiger partial charge in [-0.25, -0.2) is 4.98 Å². The van der Waals surface area contributed by atoms with E-state index in [0.29, 0.717) is 0 Å². The molecule has 14 heavy (non-hydrogen) atoms. The number of hydrogen-bond donors (Lipinski definition) is 2. The van der Waals surface area contributed by atoms with Crippen molar-refractivity contribution in [3.05, 3.63) is 39.0 Å².